The fourth-order valence-electron chi connectivity index (χ4n) is 1.95. The predicted molar refractivity (Wildman–Crippen MR) is 46.4 cm³/mol. The van der Waals surface area contributed by atoms with Gasteiger partial charge in [-0.1, -0.05) is 0 Å². The quantitative estimate of drug-likeness (QED) is 0.314. The number of carboxylic acid groups (broad SMARTS) is 1. The van der Waals surface area contributed by atoms with E-state index in [0.29, 0.717) is 0 Å². The third kappa shape index (κ3) is 3.10. The van der Waals surface area contributed by atoms with Crippen LogP contribution in [-0.2, 0) is 4.79 Å². The standard InChI is InChI=1S/C9HF16NO2.K/c10-2(1(27)28,6(17,18)19)7(20,21)26-8(22,23)4(13,14)3(11,12)5(15,16)9(26,24)25;/h(H,27,28);/q;+1/p-1. The van der Waals surface area contributed by atoms with Gasteiger partial charge in [0.25, 0.3) is 0 Å². The second-order valence-electron chi connectivity index (χ2n) is 5.13. The van der Waals surface area contributed by atoms with Gasteiger partial charge in [0, 0.05) is 0 Å². The molecule has 3 nitrogen and oxygen atoms in total. The zero-order chi connectivity index (χ0) is 23.2. The van der Waals surface area contributed by atoms with E-state index in [0.717, 1.165) is 0 Å². The van der Waals surface area contributed by atoms with Crippen LogP contribution >= 0.6 is 0 Å². The number of rotatable bonds is 3. The molecule has 1 aliphatic heterocycles. The fourth-order valence-corrected chi connectivity index (χ4v) is 1.95. The number of carbonyl (C=O) groups is 1. The molecule has 20 heteroatoms. The van der Waals surface area contributed by atoms with E-state index in [4.69, 9.17) is 0 Å². The summed E-state index contributed by atoms with van der Waals surface area (Å²) in [4.78, 5) is 5.56. The van der Waals surface area contributed by atoms with Crippen molar-refractivity contribution in [1.29, 1.82) is 0 Å². The van der Waals surface area contributed by atoms with E-state index in [2.05, 4.69) is 0 Å². The number of piperidine rings is 1. The van der Waals surface area contributed by atoms with Crippen LogP contribution in [0.5, 0.6) is 0 Å². The Morgan fingerprint density at radius 1 is 0.655 bits per heavy atom. The van der Waals surface area contributed by atoms with Gasteiger partial charge < -0.3 is 9.90 Å². The molecule has 1 fully saturated rings. The van der Waals surface area contributed by atoms with Crippen LogP contribution in [0.2, 0.25) is 0 Å². The maximum absolute atomic E-state index is 13.6. The van der Waals surface area contributed by atoms with E-state index in [9.17, 15) is 80.1 Å². The van der Waals surface area contributed by atoms with Crippen LogP contribution in [-0.4, -0.2) is 58.6 Å². The van der Waals surface area contributed by atoms with Crippen LogP contribution < -0.4 is 56.5 Å². The normalized spacial score (nSPS) is 27.4. The zero-order valence-electron chi connectivity index (χ0n) is 12.8. The summed E-state index contributed by atoms with van der Waals surface area (Å²) in [6.45, 7) is 0. The Kier molecular flexibility index (Phi) is 6.96. The van der Waals surface area contributed by atoms with E-state index in [1.165, 1.54) is 0 Å². The largest absolute Gasteiger partial charge is 1.00 e. The van der Waals surface area contributed by atoms with E-state index in [1.54, 1.807) is 0 Å². The van der Waals surface area contributed by atoms with Crippen LogP contribution in [0.4, 0.5) is 70.2 Å². The van der Waals surface area contributed by atoms with Gasteiger partial charge in [-0.05, 0) is 0 Å². The van der Waals surface area contributed by atoms with Gasteiger partial charge in [0.15, 0.2) is 0 Å². The van der Waals surface area contributed by atoms with Crippen LogP contribution in [0.25, 0.3) is 0 Å². The average Bonchev–Trinajstić information content (AvgIpc) is 2.41. The molecule has 1 heterocycles. The summed E-state index contributed by atoms with van der Waals surface area (Å²) >= 11 is 0. The van der Waals surface area contributed by atoms with Crippen molar-refractivity contribution in [1.82, 2.24) is 4.90 Å². The van der Waals surface area contributed by atoms with E-state index < -0.39 is 58.6 Å². The number of halogens is 16. The molecule has 0 aromatic rings. The maximum atomic E-state index is 13.6. The third-order valence-electron chi connectivity index (χ3n) is 3.47. The SMILES string of the molecule is O=C([O-])C(F)(C(F)(F)F)C(F)(F)N1C(F)(F)C(F)(F)C(F)(F)C(F)(F)C1(F)F.[K+]. The summed E-state index contributed by atoms with van der Waals surface area (Å²) in [5.41, 5.74) is -7.76. The van der Waals surface area contributed by atoms with Gasteiger partial charge in [0.2, 0.25) is 0 Å². The van der Waals surface area contributed by atoms with Gasteiger partial charge in [-0.15, -0.1) is 4.90 Å². The average molecular weight is 497 g/mol. The summed E-state index contributed by atoms with van der Waals surface area (Å²) in [6.07, 6.45) is -7.73. The molecule has 166 valence electrons. The molecule has 0 aromatic heterocycles. The number of hydrogen-bond acceptors (Lipinski definition) is 3. The molecule has 0 aromatic carbocycles. The molecule has 0 radical (unpaired) electrons. The van der Waals surface area contributed by atoms with Gasteiger partial charge in [0.1, 0.15) is 0 Å². The smallest absolute Gasteiger partial charge is 0.546 e. The van der Waals surface area contributed by atoms with Crippen molar-refractivity contribution in [3.63, 3.8) is 0 Å². The van der Waals surface area contributed by atoms with E-state index >= 15 is 0 Å². The molecule has 29 heavy (non-hydrogen) atoms. The first-order valence-corrected chi connectivity index (χ1v) is 5.85. The summed E-state index contributed by atoms with van der Waals surface area (Å²) in [5, 5.41) is 10.1. The van der Waals surface area contributed by atoms with Crippen molar-refractivity contribution in [2.45, 2.75) is 47.8 Å². The van der Waals surface area contributed by atoms with Gasteiger partial charge >= 0.3 is 99.1 Å². The minimum absolute atomic E-state index is 0. The molecule has 1 rings (SSSR count). The molecular weight excluding hydrogens is 497 g/mol. The molecule has 0 aliphatic carbocycles. The molecular formula is C9F16KNO2. The molecule has 0 amide bonds. The molecule has 0 bridgehead atoms. The number of alkyl halides is 16. The number of carboxylic acids is 1. The molecule has 1 aliphatic rings. The molecule has 1 atom stereocenters. The first kappa shape index (κ1) is 28.9. The van der Waals surface area contributed by atoms with Crippen molar-refractivity contribution in [2.75, 3.05) is 0 Å². The Hall–Kier alpha value is -0.0536. The summed E-state index contributed by atoms with van der Waals surface area (Å²) < 4.78 is 209. The number of carbonyl (C=O) groups excluding carboxylic acids is 1. The van der Waals surface area contributed by atoms with Crippen LogP contribution in [0, 0.1) is 0 Å². The van der Waals surface area contributed by atoms with Crippen molar-refractivity contribution in [3.8, 4) is 0 Å². The van der Waals surface area contributed by atoms with Gasteiger partial charge in [-0.3, -0.25) is 0 Å². The Balaban J connectivity index is 0.00000784. The summed E-state index contributed by atoms with van der Waals surface area (Å²) in [6, 6.07) is -24.3. The number of aliphatic carboxylic acids is 1. The second-order valence-corrected chi connectivity index (χ2v) is 5.13. The van der Waals surface area contributed by atoms with E-state index in [1.807, 2.05) is 0 Å². The number of likely N-dealkylation sites (tertiary alicyclic amines) is 1. The van der Waals surface area contributed by atoms with Gasteiger partial charge in [-0.25, -0.2) is 4.39 Å². The number of nitrogens with zero attached hydrogens (tertiary/aromatic N) is 1. The second kappa shape index (κ2) is 6.97. The molecule has 1 saturated heterocycles. The first-order chi connectivity index (χ1) is 11.8. The Morgan fingerprint density at radius 3 is 1.14 bits per heavy atom. The summed E-state index contributed by atoms with van der Waals surface area (Å²) in [5.74, 6) is -28.7. The van der Waals surface area contributed by atoms with Crippen LogP contribution in [0.15, 0.2) is 0 Å². The fraction of sp³-hybridized carbons (Fsp3) is 0.889. The van der Waals surface area contributed by atoms with E-state index in [-0.39, 0.29) is 51.4 Å². The topological polar surface area (TPSA) is 43.4 Å². The Bertz CT molecular complexity index is 644. The minimum atomic E-state index is -8.24. The van der Waals surface area contributed by atoms with Gasteiger partial charge in [-0.2, -0.15) is 65.9 Å². The van der Waals surface area contributed by atoms with Crippen LogP contribution in [0.3, 0.4) is 0 Å². The predicted octanol–water partition coefficient (Wildman–Crippen LogP) is 0.0108. The zero-order valence-corrected chi connectivity index (χ0v) is 15.9. The Morgan fingerprint density at radius 2 is 0.931 bits per heavy atom. The van der Waals surface area contributed by atoms with Crippen molar-refractivity contribution >= 4 is 5.97 Å². The Labute approximate surface area is 189 Å². The number of hydrogen-bond donors (Lipinski definition) is 0. The van der Waals surface area contributed by atoms with Gasteiger partial charge in [0.05, 0.1) is 5.97 Å². The molecule has 0 N–H and O–H groups in total. The summed E-state index contributed by atoms with van der Waals surface area (Å²) in [7, 11) is 0. The van der Waals surface area contributed by atoms with Crippen LogP contribution in [0.1, 0.15) is 0 Å². The molecule has 0 spiro atoms. The monoisotopic (exact) mass is 497 g/mol. The van der Waals surface area contributed by atoms with Crippen molar-refractivity contribution < 1.29 is 132 Å². The maximum Gasteiger partial charge on any atom is 1.00 e. The van der Waals surface area contributed by atoms with Crippen molar-refractivity contribution in [3.05, 3.63) is 0 Å². The molecule has 1 unspecified atom stereocenters. The molecule has 0 saturated carbocycles. The third-order valence-corrected chi connectivity index (χ3v) is 3.47. The first-order valence-electron chi connectivity index (χ1n) is 5.85. The van der Waals surface area contributed by atoms with Crippen molar-refractivity contribution in [2.24, 2.45) is 0 Å². The minimum Gasteiger partial charge on any atom is -0.546 e.